The van der Waals surface area contributed by atoms with Crippen LogP contribution in [0.4, 0.5) is 0 Å². The van der Waals surface area contributed by atoms with E-state index in [0.29, 0.717) is 18.5 Å². The molecule has 112 valence electrons. The number of carbonyl (C=O) groups is 2. The van der Waals surface area contributed by atoms with Crippen molar-refractivity contribution in [3.8, 4) is 12.5 Å². The number of rotatable bonds is 2. The van der Waals surface area contributed by atoms with Crippen molar-refractivity contribution in [3.05, 3.63) is 35.4 Å². The first kappa shape index (κ1) is 16.8. The molecule has 1 saturated heterocycles. The van der Waals surface area contributed by atoms with E-state index in [4.69, 9.17) is 6.42 Å². The minimum atomic E-state index is -0.564. The summed E-state index contributed by atoms with van der Waals surface area (Å²) in [6.07, 6.45) is 6.86. The van der Waals surface area contributed by atoms with Crippen molar-refractivity contribution in [1.82, 2.24) is 10.2 Å². The normalized spacial score (nSPS) is 16.9. The zero-order valence-electron chi connectivity index (χ0n) is 12.8. The van der Waals surface area contributed by atoms with Crippen LogP contribution < -0.4 is 5.32 Å². The van der Waals surface area contributed by atoms with Crippen LogP contribution in [0.3, 0.4) is 0 Å². The molecule has 1 aromatic carbocycles. The van der Waals surface area contributed by atoms with Crippen LogP contribution in [-0.2, 0) is 4.79 Å². The lowest BCUT2D eigenvalue weighted by Gasteiger charge is -2.29. The molecule has 1 atom stereocenters. The molecular formula is C17H22N2O2. The smallest absolute Gasteiger partial charge is 0.266 e. The molecule has 1 unspecified atom stereocenters. The van der Waals surface area contributed by atoms with Gasteiger partial charge in [-0.25, -0.2) is 0 Å². The molecule has 0 aromatic heterocycles. The third-order valence-electron chi connectivity index (χ3n) is 3.30. The van der Waals surface area contributed by atoms with Gasteiger partial charge in [-0.3, -0.25) is 14.5 Å². The highest BCUT2D eigenvalue weighted by Gasteiger charge is 2.31. The van der Waals surface area contributed by atoms with Gasteiger partial charge in [0.15, 0.2) is 0 Å². The van der Waals surface area contributed by atoms with Gasteiger partial charge in [0, 0.05) is 18.2 Å². The summed E-state index contributed by atoms with van der Waals surface area (Å²) in [5.74, 6) is -0.464. The second-order valence-corrected chi connectivity index (χ2v) is 4.57. The number of amides is 2. The summed E-state index contributed by atoms with van der Waals surface area (Å²) < 4.78 is 0. The van der Waals surface area contributed by atoms with Crippen LogP contribution in [-0.4, -0.2) is 29.3 Å². The molecule has 1 N–H and O–H groups in total. The molecule has 4 nitrogen and oxygen atoms in total. The van der Waals surface area contributed by atoms with Gasteiger partial charge in [0.1, 0.15) is 6.04 Å². The van der Waals surface area contributed by atoms with Gasteiger partial charge in [-0.2, -0.15) is 0 Å². The van der Waals surface area contributed by atoms with E-state index >= 15 is 0 Å². The fourth-order valence-corrected chi connectivity index (χ4v) is 2.24. The Morgan fingerprint density at radius 3 is 2.62 bits per heavy atom. The molecular weight excluding hydrogens is 264 g/mol. The lowest BCUT2D eigenvalue weighted by Crippen LogP contribution is -2.50. The van der Waals surface area contributed by atoms with Gasteiger partial charge >= 0.3 is 0 Å². The van der Waals surface area contributed by atoms with Crippen LogP contribution in [0.2, 0.25) is 0 Å². The van der Waals surface area contributed by atoms with Crippen LogP contribution in [0.5, 0.6) is 0 Å². The number of carbonyl (C=O) groups excluding carboxylic acids is 2. The van der Waals surface area contributed by atoms with Gasteiger partial charge in [-0.15, -0.1) is 0 Å². The maximum absolute atomic E-state index is 12.4. The minimum absolute atomic E-state index is 0.175. The molecule has 2 rings (SSSR count). The highest BCUT2D eigenvalue weighted by atomic mass is 16.2. The van der Waals surface area contributed by atoms with E-state index in [9.17, 15) is 9.59 Å². The van der Waals surface area contributed by atoms with E-state index in [2.05, 4.69) is 11.4 Å². The Kier molecular flexibility index (Phi) is 6.48. The van der Waals surface area contributed by atoms with Crippen molar-refractivity contribution in [2.45, 2.75) is 39.7 Å². The first-order valence-electron chi connectivity index (χ1n) is 7.28. The Morgan fingerprint density at radius 1 is 1.38 bits per heavy atom. The topological polar surface area (TPSA) is 49.4 Å². The molecule has 0 radical (unpaired) electrons. The zero-order valence-corrected chi connectivity index (χ0v) is 12.8. The maximum atomic E-state index is 12.4. The summed E-state index contributed by atoms with van der Waals surface area (Å²) in [5, 5.41) is 2.74. The van der Waals surface area contributed by atoms with Crippen LogP contribution in [0.1, 0.15) is 42.6 Å². The SMILES string of the molecule is C#CN(C(=O)c1ccccc1C)C1CCCNC1=O.CC. The number of nitrogens with zero attached hydrogens (tertiary/aromatic N) is 1. The van der Waals surface area contributed by atoms with Crippen molar-refractivity contribution < 1.29 is 9.59 Å². The second-order valence-electron chi connectivity index (χ2n) is 4.57. The lowest BCUT2D eigenvalue weighted by molar-refractivity contribution is -0.126. The Hall–Kier alpha value is -2.28. The van der Waals surface area contributed by atoms with Crippen molar-refractivity contribution in [2.24, 2.45) is 0 Å². The summed E-state index contributed by atoms with van der Waals surface area (Å²) in [6, 6.07) is 9.01. The number of hydrogen-bond acceptors (Lipinski definition) is 2. The summed E-state index contributed by atoms with van der Waals surface area (Å²) in [6.45, 7) is 6.50. The summed E-state index contributed by atoms with van der Waals surface area (Å²) in [7, 11) is 0. The average Bonchev–Trinajstić information content (AvgIpc) is 2.52. The highest BCUT2D eigenvalue weighted by molar-refractivity contribution is 5.99. The molecule has 0 spiro atoms. The molecule has 1 aliphatic heterocycles. The van der Waals surface area contributed by atoms with Crippen molar-refractivity contribution in [1.29, 1.82) is 0 Å². The summed E-state index contributed by atoms with van der Waals surface area (Å²) in [5.41, 5.74) is 1.39. The molecule has 1 heterocycles. The van der Waals surface area contributed by atoms with Crippen molar-refractivity contribution in [2.75, 3.05) is 6.54 Å². The first-order chi connectivity index (χ1) is 10.1. The average molecular weight is 286 g/mol. The van der Waals surface area contributed by atoms with Gasteiger partial charge in [0.25, 0.3) is 5.91 Å². The van der Waals surface area contributed by atoms with E-state index in [1.54, 1.807) is 12.1 Å². The molecule has 0 bridgehead atoms. The van der Waals surface area contributed by atoms with E-state index in [1.807, 2.05) is 32.9 Å². The number of hydrogen-bond donors (Lipinski definition) is 1. The Bertz CT molecular complexity index is 546. The molecule has 4 heteroatoms. The third-order valence-corrected chi connectivity index (χ3v) is 3.30. The Labute approximate surface area is 126 Å². The van der Waals surface area contributed by atoms with Gasteiger partial charge < -0.3 is 5.32 Å². The standard InChI is InChI=1S/C15H16N2O2.C2H6/c1-3-17(13-9-6-10-16-14(13)18)15(19)12-8-5-4-7-11(12)2;1-2/h1,4-5,7-8,13H,6,9-10H2,2H3,(H,16,18);1-2H3. The number of piperidine rings is 1. The number of benzene rings is 1. The van der Waals surface area contributed by atoms with Crippen molar-refractivity contribution in [3.63, 3.8) is 0 Å². The number of terminal acetylenes is 1. The number of nitrogens with one attached hydrogen (secondary N) is 1. The zero-order chi connectivity index (χ0) is 15.8. The van der Waals surface area contributed by atoms with Gasteiger partial charge in [-0.1, -0.05) is 38.5 Å². The molecule has 0 saturated carbocycles. The van der Waals surface area contributed by atoms with Crippen LogP contribution in [0.15, 0.2) is 24.3 Å². The predicted octanol–water partition coefficient (Wildman–Crippen LogP) is 2.33. The maximum Gasteiger partial charge on any atom is 0.266 e. The molecule has 1 aromatic rings. The second kappa shape index (κ2) is 8.11. The van der Waals surface area contributed by atoms with E-state index < -0.39 is 6.04 Å². The molecule has 1 aliphatic rings. The molecule has 0 aliphatic carbocycles. The van der Waals surface area contributed by atoms with Crippen LogP contribution in [0.25, 0.3) is 0 Å². The summed E-state index contributed by atoms with van der Waals surface area (Å²) in [4.78, 5) is 25.5. The molecule has 1 fully saturated rings. The largest absolute Gasteiger partial charge is 0.354 e. The van der Waals surface area contributed by atoms with E-state index in [-0.39, 0.29) is 11.8 Å². The van der Waals surface area contributed by atoms with Crippen molar-refractivity contribution >= 4 is 11.8 Å². The third kappa shape index (κ3) is 3.85. The minimum Gasteiger partial charge on any atom is -0.354 e. The lowest BCUT2D eigenvalue weighted by atomic mass is 10.0. The van der Waals surface area contributed by atoms with Crippen LogP contribution in [0, 0.1) is 19.4 Å². The van der Waals surface area contributed by atoms with Gasteiger partial charge in [0.05, 0.1) is 0 Å². The summed E-state index contributed by atoms with van der Waals surface area (Å²) >= 11 is 0. The van der Waals surface area contributed by atoms with Gasteiger partial charge in [-0.05, 0) is 31.4 Å². The predicted molar refractivity (Wildman–Crippen MR) is 83.6 cm³/mol. The van der Waals surface area contributed by atoms with E-state index in [0.717, 1.165) is 12.0 Å². The fraction of sp³-hybridized carbons (Fsp3) is 0.412. The quantitative estimate of drug-likeness (QED) is 0.670. The first-order valence-corrected chi connectivity index (χ1v) is 7.28. The molecule has 21 heavy (non-hydrogen) atoms. The van der Waals surface area contributed by atoms with E-state index in [1.165, 1.54) is 4.90 Å². The monoisotopic (exact) mass is 286 g/mol. The van der Waals surface area contributed by atoms with Gasteiger partial charge in [0.2, 0.25) is 5.91 Å². The fourth-order valence-electron chi connectivity index (χ4n) is 2.24. The number of aryl methyl sites for hydroxylation is 1. The molecule has 2 amide bonds. The Morgan fingerprint density at radius 2 is 2.05 bits per heavy atom. The highest BCUT2D eigenvalue weighted by Crippen LogP contribution is 2.16. The Balaban J connectivity index is 0.00000106. The van der Waals surface area contributed by atoms with Crippen LogP contribution >= 0.6 is 0 Å².